The van der Waals surface area contributed by atoms with Crippen molar-refractivity contribution < 1.29 is 14.7 Å². The van der Waals surface area contributed by atoms with E-state index in [1.54, 1.807) is 16.3 Å². The molecule has 0 unspecified atom stereocenters. The van der Waals surface area contributed by atoms with Crippen molar-refractivity contribution in [3.05, 3.63) is 16.8 Å². The third kappa shape index (κ3) is 3.19. The number of nitrogens with zero attached hydrogens (tertiary/aromatic N) is 1. The Morgan fingerprint density at radius 1 is 1.45 bits per heavy atom. The van der Waals surface area contributed by atoms with Crippen LogP contribution in [0.4, 0.5) is 5.69 Å². The van der Waals surface area contributed by atoms with Gasteiger partial charge in [0, 0.05) is 25.1 Å². The zero-order chi connectivity index (χ0) is 14.6. The van der Waals surface area contributed by atoms with Gasteiger partial charge in [0.05, 0.1) is 5.69 Å². The van der Waals surface area contributed by atoms with Crippen LogP contribution in [0.3, 0.4) is 0 Å². The van der Waals surface area contributed by atoms with Crippen LogP contribution >= 0.6 is 11.3 Å². The first-order chi connectivity index (χ1) is 9.60. The van der Waals surface area contributed by atoms with Crippen molar-refractivity contribution in [3.63, 3.8) is 0 Å². The lowest BCUT2D eigenvalue weighted by molar-refractivity contribution is -0.145. The Morgan fingerprint density at radius 2 is 2.15 bits per heavy atom. The molecule has 6 heteroatoms. The van der Waals surface area contributed by atoms with Crippen molar-refractivity contribution in [2.45, 2.75) is 26.2 Å². The van der Waals surface area contributed by atoms with Crippen molar-refractivity contribution in [2.75, 3.05) is 25.0 Å². The summed E-state index contributed by atoms with van der Waals surface area (Å²) < 4.78 is 0. The van der Waals surface area contributed by atoms with Crippen LogP contribution in [0.1, 0.15) is 26.2 Å². The van der Waals surface area contributed by atoms with Crippen molar-refractivity contribution in [1.29, 1.82) is 0 Å². The highest BCUT2D eigenvalue weighted by Gasteiger charge is 2.35. The maximum absolute atomic E-state index is 12.1. The van der Waals surface area contributed by atoms with Crippen LogP contribution in [-0.2, 0) is 9.59 Å². The summed E-state index contributed by atoms with van der Waals surface area (Å²) in [6.45, 7) is 3.26. The van der Waals surface area contributed by atoms with Crippen molar-refractivity contribution in [3.8, 4) is 0 Å². The van der Waals surface area contributed by atoms with E-state index in [1.807, 2.05) is 5.38 Å². The van der Waals surface area contributed by atoms with E-state index in [0.29, 0.717) is 18.8 Å². The highest BCUT2D eigenvalue weighted by Crippen LogP contribution is 2.34. The Hall–Kier alpha value is -1.40. The molecule has 2 N–H and O–H groups in total. The number of anilines is 1. The number of hydrogen-bond acceptors (Lipinski definition) is 4. The molecule has 0 saturated carbocycles. The summed E-state index contributed by atoms with van der Waals surface area (Å²) in [5.41, 5.74) is 0.573. The topological polar surface area (TPSA) is 69.6 Å². The molecule has 1 aromatic rings. The van der Waals surface area contributed by atoms with E-state index in [2.05, 4.69) is 12.2 Å². The van der Waals surface area contributed by atoms with Gasteiger partial charge in [-0.15, -0.1) is 0 Å². The number of piperidine rings is 1. The monoisotopic (exact) mass is 296 g/mol. The van der Waals surface area contributed by atoms with E-state index >= 15 is 0 Å². The average molecular weight is 296 g/mol. The van der Waals surface area contributed by atoms with Gasteiger partial charge < -0.3 is 15.3 Å². The summed E-state index contributed by atoms with van der Waals surface area (Å²) >= 11 is 1.47. The highest BCUT2D eigenvalue weighted by atomic mass is 32.1. The van der Waals surface area contributed by atoms with Crippen LogP contribution in [-0.4, -0.2) is 41.5 Å². The third-order valence-corrected chi connectivity index (χ3v) is 4.85. The van der Waals surface area contributed by atoms with Gasteiger partial charge in [0.2, 0.25) is 0 Å². The van der Waals surface area contributed by atoms with Gasteiger partial charge in [0.1, 0.15) is 0 Å². The molecule has 2 heterocycles. The molecule has 0 radical (unpaired) electrons. The Labute approximate surface area is 122 Å². The normalized spacial score (nSPS) is 17.8. The molecule has 2 amide bonds. The predicted molar refractivity (Wildman–Crippen MR) is 78.6 cm³/mol. The van der Waals surface area contributed by atoms with Gasteiger partial charge in [-0.1, -0.05) is 6.92 Å². The lowest BCUT2D eigenvalue weighted by atomic mass is 9.77. The van der Waals surface area contributed by atoms with Gasteiger partial charge in [0.25, 0.3) is 0 Å². The maximum Gasteiger partial charge on any atom is 0.313 e. The number of aliphatic hydroxyl groups excluding tert-OH is 1. The summed E-state index contributed by atoms with van der Waals surface area (Å²) in [6.07, 6.45) is 2.39. The Bertz CT molecular complexity index is 459. The molecule has 1 fully saturated rings. The molecule has 0 spiro atoms. The molecule has 5 nitrogen and oxygen atoms in total. The van der Waals surface area contributed by atoms with E-state index < -0.39 is 11.8 Å². The van der Waals surface area contributed by atoms with Gasteiger partial charge in [0.15, 0.2) is 0 Å². The van der Waals surface area contributed by atoms with Crippen molar-refractivity contribution in [1.82, 2.24) is 4.90 Å². The number of likely N-dealkylation sites (tertiary alicyclic amines) is 1. The number of hydrogen-bond donors (Lipinski definition) is 2. The zero-order valence-electron chi connectivity index (χ0n) is 11.6. The van der Waals surface area contributed by atoms with E-state index in [9.17, 15) is 14.7 Å². The second-order valence-corrected chi connectivity index (χ2v) is 6.05. The molecule has 0 atom stereocenters. The summed E-state index contributed by atoms with van der Waals surface area (Å²) in [5, 5.41) is 15.7. The third-order valence-electron chi connectivity index (χ3n) is 4.17. The smallest absolute Gasteiger partial charge is 0.313 e. The Morgan fingerprint density at radius 3 is 2.65 bits per heavy atom. The molecule has 1 aliphatic heterocycles. The molecular weight excluding hydrogens is 276 g/mol. The minimum atomic E-state index is -0.587. The second kappa shape index (κ2) is 6.37. The SMILES string of the molecule is CCC1(CO)CCN(C(=O)C(=O)Nc2ccsc2)CC1. The maximum atomic E-state index is 12.1. The molecule has 0 aliphatic carbocycles. The Kier molecular flexibility index (Phi) is 4.77. The fraction of sp³-hybridized carbons (Fsp3) is 0.571. The van der Waals surface area contributed by atoms with Crippen LogP contribution < -0.4 is 5.32 Å². The van der Waals surface area contributed by atoms with Crippen LogP contribution in [0.5, 0.6) is 0 Å². The lowest BCUT2D eigenvalue weighted by Crippen LogP contribution is -2.48. The molecule has 0 bridgehead atoms. The summed E-state index contributed by atoms with van der Waals surface area (Å²) in [6, 6.07) is 1.76. The molecule has 0 aromatic carbocycles. The minimum Gasteiger partial charge on any atom is -0.396 e. The highest BCUT2D eigenvalue weighted by molar-refractivity contribution is 7.08. The molecule has 20 heavy (non-hydrogen) atoms. The lowest BCUT2D eigenvalue weighted by Gasteiger charge is -2.39. The van der Waals surface area contributed by atoms with Gasteiger partial charge >= 0.3 is 11.8 Å². The van der Waals surface area contributed by atoms with Crippen molar-refractivity contribution in [2.24, 2.45) is 5.41 Å². The summed E-state index contributed by atoms with van der Waals surface area (Å²) in [7, 11) is 0. The fourth-order valence-electron chi connectivity index (χ4n) is 2.47. The first kappa shape index (κ1) is 15.0. The zero-order valence-corrected chi connectivity index (χ0v) is 12.4. The first-order valence-electron chi connectivity index (χ1n) is 6.83. The Balaban J connectivity index is 1.90. The van der Waals surface area contributed by atoms with Crippen LogP contribution in [0.2, 0.25) is 0 Å². The molecular formula is C14H20N2O3S. The number of aliphatic hydroxyl groups is 1. The second-order valence-electron chi connectivity index (χ2n) is 5.27. The molecule has 1 aliphatic rings. The van der Waals surface area contributed by atoms with Crippen LogP contribution in [0.25, 0.3) is 0 Å². The van der Waals surface area contributed by atoms with Crippen LogP contribution in [0, 0.1) is 5.41 Å². The minimum absolute atomic E-state index is 0.0827. The summed E-state index contributed by atoms with van der Waals surface area (Å²) in [4.78, 5) is 25.5. The van der Waals surface area contributed by atoms with Crippen LogP contribution in [0.15, 0.2) is 16.8 Å². The van der Waals surface area contributed by atoms with Gasteiger partial charge in [-0.3, -0.25) is 9.59 Å². The van der Waals surface area contributed by atoms with E-state index in [1.165, 1.54) is 11.3 Å². The molecule has 2 rings (SSSR count). The molecule has 1 saturated heterocycles. The van der Waals surface area contributed by atoms with Crippen molar-refractivity contribution >= 4 is 28.8 Å². The number of amides is 2. The fourth-order valence-corrected chi connectivity index (χ4v) is 3.06. The standard InChI is InChI=1S/C14H20N2O3S/c1-2-14(10-17)4-6-16(7-5-14)13(19)12(18)15-11-3-8-20-9-11/h3,8-9,17H,2,4-7,10H2,1H3,(H,15,18). The van der Waals surface area contributed by atoms with Gasteiger partial charge in [-0.25, -0.2) is 0 Å². The van der Waals surface area contributed by atoms with E-state index in [-0.39, 0.29) is 12.0 Å². The number of carbonyl (C=O) groups excluding carboxylic acids is 2. The average Bonchev–Trinajstić information content (AvgIpc) is 2.99. The van der Waals surface area contributed by atoms with E-state index in [4.69, 9.17) is 0 Å². The molecule has 1 aromatic heterocycles. The number of carbonyl (C=O) groups is 2. The largest absolute Gasteiger partial charge is 0.396 e. The summed E-state index contributed by atoms with van der Waals surface area (Å²) in [5.74, 6) is -1.07. The first-order valence-corrected chi connectivity index (χ1v) is 7.78. The quantitative estimate of drug-likeness (QED) is 0.834. The number of thiophene rings is 1. The number of nitrogens with one attached hydrogen (secondary N) is 1. The van der Waals surface area contributed by atoms with Gasteiger partial charge in [-0.05, 0) is 36.1 Å². The predicted octanol–water partition coefficient (Wildman–Crippen LogP) is 1.70. The van der Waals surface area contributed by atoms with Gasteiger partial charge in [-0.2, -0.15) is 11.3 Å². The van der Waals surface area contributed by atoms with E-state index in [0.717, 1.165) is 19.3 Å². The number of rotatable bonds is 3. The molecule has 110 valence electrons.